The molecule has 0 aliphatic heterocycles. The highest BCUT2D eigenvalue weighted by atomic mass is 19.1. The van der Waals surface area contributed by atoms with Gasteiger partial charge in [0.25, 0.3) is 0 Å². The number of aliphatic carboxylic acids is 1. The van der Waals surface area contributed by atoms with E-state index < -0.39 is 24.0 Å². The molecule has 0 bridgehead atoms. The number of nitrogens with two attached hydrogens (primary N) is 1. The lowest BCUT2D eigenvalue weighted by molar-refractivity contribution is -0.153. The molecule has 1 rings (SSSR count). The summed E-state index contributed by atoms with van der Waals surface area (Å²) < 4.78 is 13.6. The van der Waals surface area contributed by atoms with Crippen molar-refractivity contribution in [1.82, 2.24) is 0 Å². The first-order chi connectivity index (χ1) is 7.36. The Bertz CT molecular complexity index is 422. The average molecular weight is 229 g/mol. The normalized spacial score (nSPS) is 14.5. The molecule has 0 radical (unpaired) electrons. The summed E-state index contributed by atoms with van der Waals surface area (Å²) in [6.45, 7) is 1.40. The van der Waals surface area contributed by atoms with Crippen LogP contribution in [0.2, 0.25) is 0 Å². The van der Waals surface area contributed by atoms with Crippen LogP contribution in [0.5, 0.6) is 0 Å². The van der Waals surface area contributed by atoms with Gasteiger partial charge in [0, 0.05) is 16.8 Å². The zero-order valence-corrected chi connectivity index (χ0v) is 8.51. The third-order valence-corrected chi connectivity index (χ3v) is 2.33. The summed E-state index contributed by atoms with van der Waals surface area (Å²) in [5.41, 5.74) is 5.43. The van der Waals surface area contributed by atoms with Crippen molar-refractivity contribution in [2.45, 2.75) is 19.1 Å². The Hall–Kier alpha value is -1.66. The minimum atomic E-state index is -2.07. The van der Waals surface area contributed by atoms with Crippen molar-refractivity contribution < 1.29 is 24.5 Å². The zero-order valence-electron chi connectivity index (χ0n) is 8.51. The first-order valence-electron chi connectivity index (χ1n) is 4.49. The molecule has 2 unspecified atom stereocenters. The van der Waals surface area contributed by atoms with Gasteiger partial charge >= 0.3 is 5.97 Å². The fourth-order valence-electron chi connectivity index (χ4n) is 1.25. The van der Waals surface area contributed by atoms with Gasteiger partial charge < -0.3 is 21.1 Å². The number of aliphatic hydroxyl groups excluding tert-OH is 2. The predicted octanol–water partition coefficient (Wildman–Crippen LogP) is 0.195. The second-order valence-electron chi connectivity index (χ2n) is 3.41. The van der Waals surface area contributed by atoms with E-state index in [1.54, 1.807) is 0 Å². The summed E-state index contributed by atoms with van der Waals surface area (Å²) in [7, 11) is 0. The highest BCUT2D eigenvalue weighted by Gasteiger charge is 2.28. The van der Waals surface area contributed by atoms with Gasteiger partial charge in [0.15, 0.2) is 6.10 Å². The molecule has 1 aromatic rings. The Morgan fingerprint density at radius 1 is 1.44 bits per heavy atom. The largest absolute Gasteiger partial charge is 0.479 e. The molecule has 6 heteroatoms. The first kappa shape index (κ1) is 12.4. The van der Waals surface area contributed by atoms with Crippen molar-refractivity contribution in [2.24, 2.45) is 0 Å². The molecule has 0 fully saturated rings. The van der Waals surface area contributed by atoms with Crippen LogP contribution in [-0.2, 0) is 4.79 Å². The average Bonchev–Trinajstić information content (AvgIpc) is 2.24. The second-order valence-corrected chi connectivity index (χ2v) is 3.41. The molecule has 0 amide bonds. The first-order valence-corrected chi connectivity index (χ1v) is 4.49. The highest BCUT2D eigenvalue weighted by molar-refractivity contribution is 5.73. The number of carbonyl (C=O) groups is 1. The van der Waals surface area contributed by atoms with E-state index >= 15 is 0 Å². The van der Waals surface area contributed by atoms with E-state index in [-0.39, 0.29) is 16.8 Å². The molecule has 0 heterocycles. The van der Waals surface area contributed by atoms with E-state index in [1.807, 2.05) is 0 Å². The van der Waals surface area contributed by atoms with Crippen LogP contribution >= 0.6 is 0 Å². The minimum Gasteiger partial charge on any atom is -0.479 e. The number of hydrogen-bond acceptors (Lipinski definition) is 4. The molecule has 0 saturated carbocycles. The van der Waals surface area contributed by atoms with Gasteiger partial charge in [-0.05, 0) is 13.0 Å². The van der Waals surface area contributed by atoms with Crippen LogP contribution in [0.3, 0.4) is 0 Å². The number of anilines is 1. The van der Waals surface area contributed by atoms with Gasteiger partial charge in [-0.25, -0.2) is 9.18 Å². The lowest BCUT2D eigenvalue weighted by atomic mass is 10.0. The van der Waals surface area contributed by atoms with E-state index in [2.05, 4.69) is 0 Å². The van der Waals surface area contributed by atoms with Gasteiger partial charge in [0.2, 0.25) is 0 Å². The maximum atomic E-state index is 13.6. The van der Waals surface area contributed by atoms with Crippen molar-refractivity contribution in [1.29, 1.82) is 0 Å². The summed E-state index contributed by atoms with van der Waals surface area (Å²) in [6.07, 6.45) is -3.89. The van der Waals surface area contributed by atoms with Crippen LogP contribution in [-0.4, -0.2) is 27.4 Å². The molecule has 88 valence electrons. The maximum Gasteiger partial charge on any atom is 0.335 e. The Morgan fingerprint density at radius 2 is 2.00 bits per heavy atom. The number of hydrogen-bond donors (Lipinski definition) is 4. The van der Waals surface area contributed by atoms with Crippen LogP contribution in [0.25, 0.3) is 0 Å². The Labute approximate surface area is 90.9 Å². The molecule has 0 aliphatic rings. The molecule has 2 atom stereocenters. The summed E-state index contributed by atoms with van der Waals surface area (Å²) in [6, 6.07) is 2.49. The van der Waals surface area contributed by atoms with Crippen molar-refractivity contribution >= 4 is 11.7 Å². The third kappa shape index (κ3) is 2.12. The summed E-state index contributed by atoms with van der Waals surface area (Å²) in [5, 5.41) is 27.0. The molecule has 0 saturated heterocycles. The summed E-state index contributed by atoms with van der Waals surface area (Å²) >= 11 is 0. The highest BCUT2D eigenvalue weighted by Crippen LogP contribution is 2.25. The number of nitrogen functional groups attached to an aromatic ring is 1. The number of carboxylic acid groups (broad SMARTS) is 1. The Balaban J connectivity index is 3.14. The van der Waals surface area contributed by atoms with Gasteiger partial charge in [0.05, 0.1) is 0 Å². The van der Waals surface area contributed by atoms with E-state index in [9.17, 15) is 14.3 Å². The number of carboxylic acids is 1. The monoisotopic (exact) mass is 229 g/mol. The molecular weight excluding hydrogens is 217 g/mol. The van der Waals surface area contributed by atoms with E-state index in [4.69, 9.17) is 15.9 Å². The van der Waals surface area contributed by atoms with Gasteiger partial charge in [-0.2, -0.15) is 0 Å². The van der Waals surface area contributed by atoms with Crippen LogP contribution in [0.1, 0.15) is 17.2 Å². The Kier molecular flexibility index (Phi) is 3.46. The van der Waals surface area contributed by atoms with Gasteiger partial charge in [0.1, 0.15) is 11.9 Å². The molecule has 0 spiro atoms. The van der Waals surface area contributed by atoms with Crippen LogP contribution in [0.15, 0.2) is 12.1 Å². The lowest BCUT2D eigenvalue weighted by Gasteiger charge is -2.16. The second kappa shape index (κ2) is 4.46. The molecule has 16 heavy (non-hydrogen) atoms. The van der Waals surface area contributed by atoms with Crippen LogP contribution in [0, 0.1) is 12.7 Å². The minimum absolute atomic E-state index is 0.106. The molecule has 0 aromatic heterocycles. The molecule has 0 aliphatic carbocycles. The van der Waals surface area contributed by atoms with E-state index in [0.29, 0.717) is 0 Å². The van der Waals surface area contributed by atoms with Crippen molar-refractivity contribution in [2.75, 3.05) is 5.73 Å². The van der Waals surface area contributed by atoms with E-state index in [0.717, 1.165) is 6.07 Å². The molecule has 5 nitrogen and oxygen atoms in total. The molecule has 5 N–H and O–H groups in total. The maximum absolute atomic E-state index is 13.6. The van der Waals surface area contributed by atoms with Crippen LogP contribution < -0.4 is 5.73 Å². The SMILES string of the molecule is Cc1c(N)ccc(C(O)C(O)C(=O)O)c1F. The summed E-state index contributed by atoms with van der Waals surface area (Å²) in [5.74, 6) is -2.44. The predicted molar refractivity (Wildman–Crippen MR) is 54.2 cm³/mol. The number of benzene rings is 1. The van der Waals surface area contributed by atoms with Gasteiger partial charge in [-0.15, -0.1) is 0 Å². The number of aliphatic hydroxyl groups is 2. The van der Waals surface area contributed by atoms with E-state index in [1.165, 1.54) is 13.0 Å². The quantitative estimate of drug-likeness (QED) is 0.554. The fraction of sp³-hybridized carbons (Fsp3) is 0.300. The number of halogens is 1. The third-order valence-electron chi connectivity index (χ3n) is 2.33. The summed E-state index contributed by atoms with van der Waals surface area (Å²) in [4.78, 5) is 10.4. The standard InChI is InChI=1S/C10H12FNO4/c1-4-6(12)3-2-5(7(4)11)8(13)9(14)10(15)16/h2-3,8-9,13-14H,12H2,1H3,(H,15,16). The Morgan fingerprint density at radius 3 is 2.50 bits per heavy atom. The molecular formula is C10H12FNO4. The van der Waals surface area contributed by atoms with Crippen LogP contribution in [0.4, 0.5) is 10.1 Å². The lowest BCUT2D eigenvalue weighted by Crippen LogP contribution is -2.28. The topological polar surface area (TPSA) is 104 Å². The van der Waals surface area contributed by atoms with Gasteiger partial charge in [-0.1, -0.05) is 6.07 Å². The van der Waals surface area contributed by atoms with Crippen molar-refractivity contribution in [3.05, 3.63) is 29.1 Å². The smallest absolute Gasteiger partial charge is 0.335 e. The van der Waals surface area contributed by atoms with Gasteiger partial charge in [-0.3, -0.25) is 0 Å². The fourth-order valence-corrected chi connectivity index (χ4v) is 1.25. The zero-order chi connectivity index (χ0) is 12.5. The molecule has 1 aromatic carbocycles. The van der Waals surface area contributed by atoms with Crippen molar-refractivity contribution in [3.63, 3.8) is 0 Å². The van der Waals surface area contributed by atoms with Crippen molar-refractivity contribution in [3.8, 4) is 0 Å². The number of rotatable bonds is 3.